The predicted molar refractivity (Wildman–Crippen MR) is 106 cm³/mol. The molecule has 0 unspecified atom stereocenters. The van der Waals surface area contributed by atoms with Crippen LogP contribution in [0.15, 0.2) is 40.0 Å². The van der Waals surface area contributed by atoms with Crippen molar-refractivity contribution in [3.63, 3.8) is 0 Å². The zero-order valence-electron chi connectivity index (χ0n) is 15.7. The van der Waals surface area contributed by atoms with Crippen LogP contribution in [0.4, 0.5) is 0 Å². The van der Waals surface area contributed by atoms with Gasteiger partial charge < -0.3 is 10.3 Å². The number of nitrogens with one attached hydrogen (secondary N) is 2. The monoisotopic (exact) mass is 403 g/mol. The minimum absolute atomic E-state index is 0.0682. The number of carbonyl (C=O) groups excluding carboxylic acids is 1. The van der Waals surface area contributed by atoms with Crippen LogP contribution in [0.5, 0.6) is 0 Å². The van der Waals surface area contributed by atoms with Crippen LogP contribution in [0.2, 0.25) is 0 Å². The number of carbonyl (C=O) groups is 1. The Labute approximate surface area is 164 Å². The summed E-state index contributed by atoms with van der Waals surface area (Å²) >= 11 is 0. The Morgan fingerprint density at radius 2 is 1.75 bits per heavy atom. The van der Waals surface area contributed by atoms with E-state index in [1.807, 2.05) is 0 Å². The van der Waals surface area contributed by atoms with Crippen LogP contribution in [0.25, 0.3) is 10.9 Å². The highest BCUT2D eigenvalue weighted by Gasteiger charge is 2.33. The van der Waals surface area contributed by atoms with Gasteiger partial charge in [0, 0.05) is 36.6 Å². The van der Waals surface area contributed by atoms with Crippen LogP contribution < -0.4 is 10.9 Å². The van der Waals surface area contributed by atoms with Gasteiger partial charge in [0.15, 0.2) is 0 Å². The lowest BCUT2D eigenvalue weighted by Gasteiger charge is -2.31. The van der Waals surface area contributed by atoms with Gasteiger partial charge in [-0.15, -0.1) is 0 Å². The zero-order chi connectivity index (χ0) is 19.7. The van der Waals surface area contributed by atoms with E-state index in [1.54, 1.807) is 18.2 Å². The zero-order valence-corrected chi connectivity index (χ0v) is 16.5. The van der Waals surface area contributed by atoms with Crippen LogP contribution in [0, 0.1) is 5.92 Å². The summed E-state index contributed by atoms with van der Waals surface area (Å²) in [6.07, 6.45) is 5.51. The Bertz CT molecular complexity index is 1030. The van der Waals surface area contributed by atoms with Gasteiger partial charge in [0.25, 0.3) is 0 Å². The maximum atomic E-state index is 13.0. The summed E-state index contributed by atoms with van der Waals surface area (Å²) in [5, 5.41) is 3.80. The highest BCUT2D eigenvalue weighted by atomic mass is 32.2. The van der Waals surface area contributed by atoms with E-state index in [2.05, 4.69) is 10.3 Å². The number of aromatic amines is 1. The van der Waals surface area contributed by atoms with Crippen molar-refractivity contribution in [2.75, 3.05) is 13.1 Å². The summed E-state index contributed by atoms with van der Waals surface area (Å²) in [6, 6.07) is 8.01. The summed E-state index contributed by atoms with van der Waals surface area (Å²) in [7, 11) is -3.63. The van der Waals surface area contributed by atoms with Gasteiger partial charge in [0.2, 0.25) is 21.5 Å². The number of pyridine rings is 1. The van der Waals surface area contributed by atoms with Crippen molar-refractivity contribution in [2.24, 2.45) is 5.92 Å². The fourth-order valence-electron chi connectivity index (χ4n) is 4.19. The number of hydrogen-bond acceptors (Lipinski definition) is 4. The Morgan fingerprint density at radius 1 is 1.04 bits per heavy atom. The van der Waals surface area contributed by atoms with Crippen LogP contribution in [-0.2, 0) is 14.8 Å². The predicted octanol–water partition coefficient (Wildman–Crippen LogP) is 1.99. The van der Waals surface area contributed by atoms with Crippen molar-refractivity contribution in [3.8, 4) is 0 Å². The first-order valence-corrected chi connectivity index (χ1v) is 11.3. The van der Waals surface area contributed by atoms with Crippen molar-refractivity contribution in [1.29, 1.82) is 0 Å². The van der Waals surface area contributed by atoms with Gasteiger partial charge >= 0.3 is 0 Å². The van der Waals surface area contributed by atoms with Gasteiger partial charge in [0.1, 0.15) is 0 Å². The number of benzene rings is 1. The van der Waals surface area contributed by atoms with Gasteiger partial charge in [-0.25, -0.2) is 8.42 Å². The largest absolute Gasteiger partial charge is 0.353 e. The third kappa shape index (κ3) is 3.84. The van der Waals surface area contributed by atoms with E-state index < -0.39 is 10.0 Å². The molecule has 2 aromatic rings. The van der Waals surface area contributed by atoms with E-state index in [4.69, 9.17) is 0 Å². The van der Waals surface area contributed by atoms with E-state index in [0.29, 0.717) is 42.9 Å². The van der Waals surface area contributed by atoms with Crippen molar-refractivity contribution >= 4 is 26.8 Å². The highest BCUT2D eigenvalue weighted by Crippen LogP contribution is 2.26. The van der Waals surface area contributed by atoms with E-state index in [1.165, 1.54) is 29.3 Å². The SMILES string of the molecule is O=C(NC1CCCC1)C1CCN(S(=O)(=O)c2ccc3[nH]c(=O)ccc3c2)CC1. The summed E-state index contributed by atoms with van der Waals surface area (Å²) in [4.78, 5) is 26.7. The van der Waals surface area contributed by atoms with Crippen LogP contribution in [-0.4, -0.2) is 42.7 Å². The number of hydrogen-bond donors (Lipinski definition) is 2. The topological polar surface area (TPSA) is 99.3 Å². The van der Waals surface area contributed by atoms with E-state index >= 15 is 0 Å². The van der Waals surface area contributed by atoms with Crippen molar-refractivity contribution in [1.82, 2.24) is 14.6 Å². The molecule has 2 aliphatic rings. The molecule has 0 spiro atoms. The van der Waals surface area contributed by atoms with Crippen molar-refractivity contribution < 1.29 is 13.2 Å². The lowest BCUT2D eigenvalue weighted by Crippen LogP contribution is -2.44. The fraction of sp³-hybridized carbons (Fsp3) is 0.500. The van der Waals surface area contributed by atoms with Gasteiger partial charge in [-0.1, -0.05) is 12.8 Å². The quantitative estimate of drug-likeness (QED) is 0.815. The first kappa shape index (κ1) is 19.1. The molecule has 150 valence electrons. The number of aromatic nitrogens is 1. The fourth-order valence-corrected chi connectivity index (χ4v) is 5.70. The second-order valence-electron chi connectivity index (χ2n) is 7.74. The Hall–Kier alpha value is -2.19. The smallest absolute Gasteiger partial charge is 0.248 e. The third-order valence-corrected chi connectivity index (χ3v) is 7.75. The van der Waals surface area contributed by atoms with Crippen LogP contribution in [0.3, 0.4) is 0 Å². The summed E-state index contributed by atoms with van der Waals surface area (Å²) < 4.78 is 27.5. The standard InChI is InChI=1S/C20H25N3O4S/c24-19-8-5-15-13-17(6-7-18(15)22-19)28(26,27)23-11-9-14(10-12-23)20(25)21-16-3-1-2-4-16/h5-8,13-14,16H,1-4,9-12H2,(H,21,25)(H,22,24). The minimum atomic E-state index is -3.63. The van der Waals surface area contributed by atoms with Crippen molar-refractivity contribution in [3.05, 3.63) is 40.7 Å². The van der Waals surface area contributed by atoms with Crippen LogP contribution in [0.1, 0.15) is 38.5 Å². The molecule has 1 saturated carbocycles. The molecular weight excluding hydrogens is 378 g/mol. The maximum absolute atomic E-state index is 13.0. The molecule has 2 heterocycles. The second-order valence-corrected chi connectivity index (χ2v) is 9.68. The average Bonchev–Trinajstić information content (AvgIpc) is 3.20. The van der Waals surface area contributed by atoms with Gasteiger partial charge in [-0.2, -0.15) is 4.31 Å². The summed E-state index contributed by atoms with van der Waals surface area (Å²) in [5.41, 5.74) is 0.384. The highest BCUT2D eigenvalue weighted by molar-refractivity contribution is 7.89. The molecule has 7 nitrogen and oxygen atoms in total. The first-order valence-electron chi connectivity index (χ1n) is 9.87. The Morgan fingerprint density at radius 3 is 2.46 bits per heavy atom. The number of piperidine rings is 1. The van der Waals surface area contributed by atoms with Crippen LogP contribution >= 0.6 is 0 Å². The number of fused-ring (bicyclic) bond motifs is 1. The minimum Gasteiger partial charge on any atom is -0.353 e. The molecule has 8 heteroatoms. The summed E-state index contributed by atoms with van der Waals surface area (Å²) in [6.45, 7) is 0.684. The summed E-state index contributed by atoms with van der Waals surface area (Å²) in [5.74, 6) is -0.0488. The molecule has 4 rings (SSSR count). The number of sulfonamides is 1. The number of H-pyrrole nitrogens is 1. The second kappa shape index (κ2) is 7.67. The van der Waals surface area contributed by atoms with Gasteiger partial charge in [-0.05, 0) is 55.3 Å². The average molecular weight is 404 g/mol. The molecule has 1 amide bonds. The molecule has 1 aliphatic heterocycles. The maximum Gasteiger partial charge on any atom is 0.248 e. The molecule has 0 radical (unpaired) electrons. The normalized spacial score (nSPS) is 19.9. The van der Waals surface area contributed by atoms with E-state index in [-0.39, 0.29) is 22.3 Å². The molecular formula is C20H25N3O4S. The first-order chi connectivity index (χ1) is 13.4. The molecule has 28 heavy (non-hydrogen) atoms. The molecule has 1 saturated heterocycles. The van der Waals surface area contributed by atoms with E-state index in [0.717, 1.165) is 12.8 Å². The molecule has 1 aliphatic carbocycles. The molecule has 0 atom stereocenters. The van der Waals surface area contributed by atoms with Crippen molar-refractivity contribution in [2.45, 2.75) is 49.5 Å². The third-order valence-electron chi connectivity index (χ3n) is 5.86. The van der Waals surface area contributed by atoms with E-state index in [9.17, 15) is 18.0 Å². The lowest BCUT2D eigenvalue weighted by atomic mass is 9.97. The Kier molecular flexibility index (Phi) is 5.25. The molecule has 2 fully saturated rings. The number of nitrogens with zero attached hydrogens (tertiary/aromatic N) is 1. The number of rotatable bonds is 4. The number of amides is 1. The Balaban J connectivity index is 1.43. The van der Waals surface area contributed by atoms with Gasteiger partial charge in [-0.3, -0.25) is 9.59 Å². The molecule has 1 aromatic heterocycles. The lowest BCUT2D eigenvalue weighted by molar-refractivity contribution is -0.126. The van der Waals surface area contributed by atoms with Gasteiger partial charge in [0.05, 0.1) is 4.90 Å². The molecule has 0 bridgehead atoms. The molecule has 1 aromatic carbocycles. The molecule has 2 N–H and O–H groups in total.